The maximum atomic E-state index is 12.8. The number of halogens is 2. The van der Waals surface area contributed by atoms with Crippen LogP contribution >= 0.6 is 23.2 Å². The van der Waals surface area contributed by atoms with Crippen LogP contribution in [0.15, 0.2) is 173 Å². The van der Waals surface area contributed by atoms with E-state index < -0.39 is 117 Å². The summed E-state index contributed by atoms with van der Waals surface area (Å²) in [5.41, 5.74) is 0.138. The minimum atomic E-state index is -5.10. The van der Waals surface area contributed by atoms with Crippen molar-refractivity contribution in [1.29, 1.82) is 0 Å². The first-order valence-electron chi connectivity index (χ1n) is 24.3. The zero-order valence-electron chi connectivity index (χ0n) is 45.3. The summed E-state index contributed by atoms with van der Waals surface area (Å²) in [5, 5.41) is 75.2. The fourth-order valence-electron chi connectivity index (χ4n) is 8.76. The van der Waals surface area contributed by atoms with Crippen molar-refractivity contribution in [3.05, 3.63) is 144 Å². The van der Waals surface area contributed by atoms with Crippen molar-refractivity contribution < 1.29 is 131 Å². The van der Waals surface area contributed by atoms with Gasteiger partial charge in [-0.2, -0.15) is 84.0 Å². The fraction of sp³-hybridized carbons (Fsp3) is 0. The van der Waals surface area contributed by atoms with Crippen LogP contribution in [0.4, 0.5) is 69.3 Å². The van der Waals surface area contributed by atoms with Crippen LogP contribution in [0, 0.1) is 0 Å². The molecule has 0 radical (unpaired) electrons. The molecule has 0 aliphatic rings. The second-order valence-corrected chi connectivity index (χ2v) is 24.8. The van der Waals surface area contributed by atoms with Crippen LogP contribution in [0.3, 0.4) is 0 Å². The molecular formula is C52H32Cl2N14Na2O16S4. The van der Waals surface area contributed by atoms with Gasteiger partial charge in [0.05, 0.1) is 32.5 Å². The van der Waals surface area contributed by atoms with E-state index in [0.29, 0.717) is 11.4 Å². The third kappa shape index (κ3) is 14.7. The molecule has 90 heavy (non-hydrogen) atoms. The summed E-state index contributed by atoms with van der Waals surface area (Å²) in [6.45, 7) is 0. The van der Waals surface area contributed by atoms with Crippen LogP contribution in [0.1, 0.15) is 0 Å². The molecule has 0 saturated carbocycles. The van der Waals surface area contributed by atoms with E-state index in [2.05, 4.69) is 71.6 Å². The molecule has 0 unspecified atom stereocenters. The third-order valence-corrected chi connectivity index (χ3v) is 16.4. The Hall–Kier alpha value is -8.14. The van der Waals surface area contributed by atoms with Crippen LogP contribution < -0.4 is 90.6 Å². The minimum absolute atomic E-state index is 0. The van der Waals surface area contributed by atoms with Crippen molar-refractivity contribution >= 4 is 176 Å². The summed E-state index contributed by atoms with van der Waals surface area (Å²) in [6.07, 6.45) is 0. The number of phenolic OH excluding ortho intramolecular Hbond substituents is 2. The maximum absolute atomic E-state index is 12.8. The first-order chi connectivity index (χ1) is 41.5. The van der Waals surface area contributed by atoms with Crippen LogP contribution in [0.5, 0.6) is 23.0 Å². The predicted octanol–water partition coefficient (Wildman–Crippen LogP) is 4.33. The Kier molecular flexibility index (Phi) is 18.9. The van der Waals surface area contributed by atoms with Crippen molar-refractivity contribution in [2.45, 2.75) is 19.6 Å². The van der Waals surface area contributed by atoms with E-state index >= 15 is 0 Å². The first kappa shape index (κ1) is 66.3. The van der Waals surface area contributed by atoms with Gasteiger partial charge in [-0.25, -0.2) is 0 Å². The Morgan fingerprint density at radius 1 is 0.367 bits per heavy atom. The number of azo groups is 2. The Bertz CT molecular complexity index is 5020. The first-order valence-corrected chi connectivity index (χ1v) is 30.8. The number of aromatic nitrogens is 6. The molecule has 0 aliphatic carbocycles. The Labute approximate surface area is 560 Å². The zero-order chi connectivity index (χ0) is 62.8. The fourth-order valence-corrected chi connectivity index (χ4v) is 11.5. The normalized spacial score (nSPS) is 12.2. The maximum Gasteiger partial charge on any atom is 1.00 e. The number of nitrogens with one attached hydrogen (secondary N) is 4. The van der Waals surface area contributed by atoms with E-state index in [9.17, 15) is 72.3 Å². The van der Waals surface area contributed by atoms with E-state index in [1.54, 1.807) is 0 Å². The van der Waals surface area contributed by atoms with Crippen molar-refractivity contribution in [2.75, 3.05) is 21.3 Å². The molecule has 0 aliphatic heterocycles. The van der Waals surface area contributed by atoms with Gasteiger partial charge in [0.2, 0.25) is 34.4 Å². The van der Waals surface area contributed by atoms with Gasteiger partial charge < -0.3 is 41.7 Å². The Morgan fingerprint density at radius 2 is 0.656 bits per heavy atom. The number of aromatic hydroxyl groups is 2. The second kappa shape index (κ2) is 25.6. The molecule has 2 aromatic heterocycles. The Morgan fingerprint density at radius 3 is 0.956 bits per heavy atom. The molecule has 30 nitrogen and oxygen atoms in total. The number of fused-ring (bicyclic) bond motifs is 4. The molecule has 0 bridgehead atoms. The minimum Gasteiger partial charge on any atom is -0.872 e. The number of rotatable bonds is 16. The van der Waals surface area contributed by atoms with Crippen molar-refractivity contribution in [3.8, 4) is 23.0 Å². The molecule has 0 fully saturated rings. The van der Waals surface area contributed by atoms with Gasteiger partial charge in [0.1, 0.15) is 32.7 Å². The molecule has 9 aromatic carbocycles. The van der Waals surface area contributed by atoms with Gasteiger partial charge in [0.25, 0.3) is 40.5 Å². The van der Waals surface area contributed by atoms with E-state index in [1.165, 1.54) is 97.1 Å². The van der Waals surface area contributed by atoms with Gasteiger partial charge in [-0.05, 0) is 177 Å². The third-order valence-electron chi connectivity index (χ3n) is 12.7. The molecule has 0 spiro atoms. The molecule has 0 atom stereocenters. The van der Waals surface area contributed by atoms with Crippen molar-refractivity contribution in [2.24, 2.45) is 20.5 Å². The average molecular weight is 1350 g/mol. The van der Waals surface area contributed by atoms with Crippen molar-refractivity contribution in [1.82, 2.24) is 29.9 Å². The van der Waals surface area contributed by atoms with Crippen LogP contribution in [0.2, 0.25) is 10.6 Å². The number of hydrogen-bond donors (Lipinski definition) is 10. The summed E-state index contributed by atoms with van der Waals surface area (Å²) < 4.78 is 137. The van der Waals surface area contributed by atoms with Crippen LogP contribution in [-0.2, 0) is 40.5 Å². The standard InChI is InChI=1S/C52H34Cl2N14O16S4.2Na/c53-47-59-49(63-51(61-47)57-43-41(87(79,80)81)19-25-15-31(7-11-37(25)45(43)71)67-65-29-5-9-35-23(13-29)17-33(21-39(35)69)85(73,74)75)55-27-1-2-28(4-3-27)56-50-60-48(54)62-52(64-50)58-44-42(88(82,83)84)20-26-16-32(8-12-38(26)46(44)72)68-66-30-6-10-36-24(14-30)18-34(22-40(36)70)86(76,77)78;;/h1-22,69-72H,(H,73,74,75)(H,76,77,78)(H,79,80,81)(H,82,83,84)(H2,55,57,59,61,63)(H2,56,58,60,62,64);;/q;2*+1/p-2. The SMILES string of the molecule is O=S(=O)(O)c1cc([O-])c2ccc(N=Nc3ccc4c(O)c(Nc5nc(Cl)nc(Nc6ccc(Nc7nc(Cl)nc(Nc8c(S(=O)(=O)O)cc9cc(N=Nc%10ccc%11c([O-])cc(S(=O)(=O)O)cc%11c%10)ccc9c8O)n7)cc6)n5)c(S(=O)(=O)O)cc4c3)cc2c1.[Na+].[Na+]. The molecule has 0 amide bonds. The van der Waals surface area contributed by atoms with Gasteiger partial charge in [-0.1, -0.05) is 23.6 Å². The van der Waals surface area contributed by atoms with Gasteiger partial charge >= 0.3 is 59.1 Å². The number of phenols is 2. The predicted molar refractivity (Wildman–Crippen MR) is 315 cm³/mol. The molecule has 10 N–H and O–H groups in total. The molecule has 2 heterocycles. The summed E-state index contributed by atoms with van der Waals surface area (Å²) in [7, 11) is -19.6. The summed E-state index contributed by atoms with van der Waals surface area (Å²) in [4.78, 5) is 21.7. The van der Waals surface area contributed by atoms with Gasteiger partial charge in [-0.15, -0.1) is 0 Å². The van der Waals surface area contributed by atoms with Gasteiger partial charge in [0, 0.05) is 22.1 Å². The van der Waals surface area contributed by atoms with E-state index in [-0.39, 0.29) is 137 Å². The largest absolute Gasteiger partial charge is 1.00 e. The van der Waals surface area contributed by atoms with Gasteiger partial charge in [-0.3, -0.25) is 18.2 Å². The number of benzene rings is 9. The molecule has 0 saturated heterocycles. The summed E-state index contributed by atoms with van der Waals surface area (Å²) in [6, 6.07) is 28.5. The Balaban J connectivity index is 0.00000480. The molecule has 11 aromatic rings. The topological polar surface area (TPSA) is 479 Å². The molecule has 38 heteroatoms. The second-order valence-electron chi connectivity index (χ2n) is 18.5. The summed E-state index contributed by atoms with van der Waals surface area (Å²) in [5.74, 6) is -3.86. The van der Waals surface area contributed by atoms with E-state index in [4.69, 9.17) is 23.2 Å². The number of hydrogen-bond acceptors (Lipinski definition) is 26. The van der Waals surface area contributed by atoms with E-state index in [1.807, 2.05) is 0 Å². The zero-order valence-corrected chi connectivity index (χ0v) is 54.1. The quantitative estimate of drug-likeness (QED) is 0.0278. The van der Waals surface area contributed by atoms with Gasteiger partial charge in [0.15, 0.2) is 0 Å². The average Bonchev–Trinajstić information content (AvgIpc) is 1.03. The molecule has 11 rings (SSSR count). The van der Waals surface area contributed by atoms with Crippen LogP contribution in [0.25, 0.3) is 43.1 Å². The van der Waals surface area contributed by atoms with Crippen LogP contribution in [-0.4, -0.2) is 92.0 Å². The van der Waals surface area contributed by atoms with Crippen molar-refractivity contribution in [3.63, 3.8) is 0 Å². The number of anilines is 8. The van der Waals surface area contributed by atoms with E-state index in [0.717, 1.165) is 36.4 Å². The number of nitrogens with zero attached hydrogens (tertiary/aromatic N) is 10. The molecular weight excluding hydrogens is 1320 g/mol. The summed E-state index contributed by atoms with van der Waals surface area (Å²) >= 11 is 12.5. The smallest absolute Gasteiger partial charge is 0.872 e. The molecule has 446 valence electrons. The monoisotopic (exact) mass is 1350 g/mol.